The van der Waals surface area contributed by atoms with Gasteiger partial charge in [0.25, 0.3) is 5.91 Å². The van der Waals surface area contributed by atoms with Gasteiger partial charge in [-0.05, 0) is 91.7 Å². The van der Waals surface area contributed by atoms with Crippen LogP contribution in [0, 0.1) is 6.92 Å². The fourth-order valence-corrected chi connectivity index (χ4v) is 3.82. The first-order chi connectivity index (χ1) is 18.0. The van der Waals surface area contributed by atoms with Gasteiger partial charge in [0.2, 0.25) is 0 Å². The Hall–Kier alpha value is -4.51. The standard InChI is InChI=1S/C32H35N3O2/c1-6-9-25(10-7-2)33-26-17-19-28(20-18-26)35-32(36)24-13-15-27(16-14-24)34-31(11-8-3)30-22-29(37-5)21-12-23(30)4/h6,8-9,11-22,33-34H,1,3,7,10H2,2,4-5H3,(H,35,36)/b25-9+,31-11+. The number of benzene rings is 3. The molecule has 0 atom stereocenters. The first-order valence-electron chi connectivity index (χ1n) is 12.3. The molecule has 3 N–H and O–H groups in total. The number of ether oxygens (including phenoxy) is 1. The van der Waals surface area contributed by atoms with Gasteiger partial charge in [-0.25, -0.2) is 0 Å². The number of anilines is 3. The summed E-state index contributed by atoms with van der Waals surface area (Å²) in [5.41, 5.74) is 7.24. The molecule has 0 bridgehead atoms. The molecule has 0 heterocycles. The van der Waals surface area contributed by atoms with Crippen molar-refractivity contribution in [1.82, 2.24) is 0 Å². The molecule has 0 spiro atoms. The molecule has 5 nitrogen and oxygen atoms in total. The molecule has 5 heteroatoms. The number of allylic oxidation sites excluding steroid dienone is 5. The van der Waals surface area contributed by atoms with Crippen molar-refractivity contribution in [2.75, 3.05) is 23.1 Å². The second-order valence-corrected chi connectivity index (χ2v) is 8.53. The van der Waals surface area contributed by atoms with Crippen LogP contribution in [0.1, 0.15) is 41.3 Å². The predicted molar refractivity (Wildman–Crippen MR) is 157 cm³/mol. The van der Waals surface area contributed by atoms with Gasteiger partial charge in [-0.1, -0.05) is 44.7 Å². The Morgan fingerprint density at radius 2 is 1.43 bits per heavy atom. The van der Waals surface area contributed by atoms with Crippen LogP contribution in [0.25, 0.3) is 5.70 Å². The number of rotatable bonds is 12. The van der Waals surface area contributed by atoms with E-state index in [0.29, 0.717) is 5.56 Å². The summed E-state index contributed by atoms with van der Waals surface area (Å²) in [6.45, 7) is 11.8. The zero-order valence-electron chi connectivity index (χ0n) is 21.8. The molecule has 0 unspecified atom stereocenters. The Morgan fingerprint density at radius 1 is 0.838 bits per heavy atom. The Bertz CT molecular complexity index is 1290. The zero-order chi connectivity index (χ0) is 26.6. The quantitative estimate of drug-likeness (QED) is 0.223. The van der Waals surface area contributed by atoms with Crippen LogP contribution < -0.4 is 20.7 Å². The van der Waals surface area contributed by atoms with Crippen molar-refractivity contribution >= 4 is 28.7 Å². The highest BCUT2D eigenvalue weighted by Gasteiger charge is 2.10. The number of methoxy groups -OCH3 is 1. The summed E-state index contributed by atoms with van der Waals surface area (Å²) in [6.07, 6.45) is 9.40. The molecule has 0 aliphatic carbocycles. The molecule has 3 aromatic carbocycles. The van der Waals surface area contributed by atoms with Crippen molar-refractivity contribution in [2.45, 2.75) is 26.7 Å². The fourth-order valence-electron chi connectivity index (χ4n) is 3.82. The average molecular weight is 494 g/mol. The van der Waals surface area contributed by atoms with Gasteiger partial charge < -0.3 is 20.7 Å². The Labute approximate surface area is 220 Å². The normalized spacial score (nSPS) is 11.4. The van der Waals surface area contributed by atoms with Gasteiger partial charge in [0.05, 0.1) is 7.11 Å². The number of carbonyl (C=O) groups is 1. The highest BCUT2D eigenvalue weighted by molar-refractivity contribution is 6.04. The maximum Gasteiger partial charge on any atom is 0.255 e. The molecule has 3 aromatic rings. The number of aryl methyl sites for hydroxylation is 1. The van der Waals surface area contributed by atoms with E-state index in [1.807, 2.05) is 73.7 Å². The van der Waals surface area contributed by atoms with Crippen molar-refractivity contribution in [2.24, 2.45) is 0 Å². The third-order valence-electron chi connectivity index (χ3n) is 5.73. The van der Waals surface area contributed by atoms with E-state index in [4.69, 9.17) is 4.74 Å². The van der Waals surface area contributed by atoms with Crippen molar-refractivity contribution in [1.29, 1.82) is 0 Å². The SMILES string of the molecule is C=C/C=C(\CCC)Nc1ccc(NC(=O)c2ccc(N/C(=C/C=C)c3cc(OC)ccc3C)cc2)cc1. The minimum Gasteiger partial charge on any atom is -0.497 e. The van der Waals surface area contributed by atoms with Crippen molar-refractivity contribution in [3.8, 4) is 5.75 Å². The summed E-state index contributed by atoms with van der Waals surface area (Å²) < 4.78 is 5.39. The molecule has 0 saturated heterocycles. The smallest absolute Gasteiger partial charge is 0.255 e. The van der Waals surface area contributed by atoms with Gasteiger partial charge in [-0.15, -0.1) is 0 Å². The molecule has 0 aliphatic heterocycles. The van der Waals surface area contributed by atoms with Crippen molar-refractivity contribution < 1.29 is 9.53 Å². The van der Waals surface area contributed by atoms with Crippen LogP contribution >= 0.6 is 0 Å². The number of hydrogen-bond acceptors (Lipinski definition) is 4. The summed E-state index contributed by atoms with van der Waals surface area (Å²) in [5, 5.41) is 9.79. The molecule has 0 saturated carbocycles. The molecular weight excluding hydrogens is 458 g/mol. The zero-order valence-corrected chi connectivity index (χ0v) is 21.8. The van der Waals surface area contributed by atoms with Crippen molar-refractivity contribution in [3.63, 3.8) is 0 Å². The van der Waals surface area contributed by atoms with Crippen LogP contribution in [-0.4, -0.2) is 13.0 Å². The van der Waals surface area contributed by atoms with Gasteiger partial charge in [0.1, 0.15) is 5.75 Å². The lowest BCUT2D eigenvalue weighted by atomic mass is 10.0. The molecular formula is C32H35N3O2. The molecule has 1 amide bonds. The van der Waals surface area contributed by atoms with Gasteiger partial charge in [-0.2, -0.15) is 0 Å². The van der Waals surface area contributed by atoms with Crippen LogP contribution in [0.15, 0.2) is 110 Å². The first-order valence-corrected chi connectivity index (χ1v) is 12.3. The van der Waals surface area contributed by atoms with Gasteiger partial charge in [-0.3, -0.25) is 4.79 Å². The Kier molecular flexibility index (Phi) is 9.91. The number of nitrogens with one attached hydrogen (secondary N) is 3. The van der Waals surface area contributed by atoms with E-state index in [9.17, 15) is 4.79 Å². The third kappa shape index (κ3) is 7.74. The van der Waals surface area contributed by atoms with E-state index < -0.39 is 0 Å². The van der Waals surface area contributed by atoms with E-state index in [1.54, 1.807) is 31.4 Å². The van der Waals surface area contributed by atoms with Gasteiger partial charge in [0.15, 0.2) is 0 Å². The third-order valence-corrected chi connectivity index (χ3v) is 5.73. The molecule has 3 rings (SSSR count). The van der Waals surface area contributed by atoms with E-state index in [-0.39, 0.29) is 5.91 Å². The summed E-state index contributed by atoms with van der Waals surface area (Å²) in [6, 6.07) is 21.0. The highest BCUT2D eigenvalue weighted by Crippen LogP contribution is 2.26. The lowest BCUT2D eigenvalue weighted by molar-refractivity contribution is 0.102. The van der Waals surface area contributed by atoms with E-state index >= 15 is 0 Å². The molecule has 0 aromatic heterocycles. The summed E-state index contributed by atoms with van der Waals surface area (Å²) in [5.74, 6) is 0.610. The van der Waals surface area contributed by atoms with Crippen LogP contribution in [0.5, 0.6) is 5.75 Å². The number of carbonyl (C=O) groups excluding carboxylic acids is 1. The average Bonchev–Trinajstić information content (AvgIpc) is 2.90. The van der Waals surface area contributed by atoms with Crippen molar-refractivity contribution in [3.05, 3.63) is 127 Å². The van der Waals surface area contributed by atoms with Crippen LogP contribution in [-0.2, 0) is 0 Å². The maximum atomic E-state index is 12.8. The van der Waals surface area contributed by atoms with Crippen LogP contribution in [0.4, 0.5) is 17.1 Å². The van der Waals surface area contributed by atoms with E-state index in [2.05, 4.69) is 36.0 Å². The summed E-state index contributed by atoms with van der Waals surface area (Å²) in [4.78, 5) is 12.8. The topological polar surface area (TPSA) is 62.4 Å². The van der Waals surface area contributed by atoms with Gasteiger partial charge in [0, 0.05) is 39.6 Å². The first kappa shape index (κ1) is 27.1. The largest absolute Gasteiger partial charge is 0.497 e. The number of hydrogen-bond donors (Lipinski definition) is 3. The lowest BCUT2D eigenvalue weighted by Gasteiger charge is -2.15. The predicted octanol–water partition coefficient (Wildman–Crippen LogP) is 8.18. The van der Waals surface area contributed by atoms with Crippen LogP contribution in [0.3, 0.4) is 0 Å². The van der Waals surface area contributed by atoms with E-state index in [0.717, 1.165) is 58.2 Å². The molecule has 0 fully saturated rings. The van der Waals surface area contributed by atoms with E-state index in [1.165, 1.54) is 0 Å². The summed E-state index contributed by atoms with van der Waals surface area (Å²) in [7, 11) is 1.65. The lowest BCUT2D eigenvalue weighted by Crippen LogP contribution is -2.12. The number of amides is 1. The second-order valence-electron chi connectivity index (χ2n) is 8.53. The van der Waals surface area contributed by atoms with Crippen LogP contribution in [0.2, 0.25) is 0 Å². The fraction of sp³-hybridized carbons (Fsp3) is 0.156. The monoisotopic (exact) mass is 493 g/mol. The summed E-state index contributed by atoms with van der Waals surface area (Å²) >= 11 is 0. The molecule has 37 heavy (non-hydrogen) atoms. The molecule has 190 valence electrons. The Balaban J connectivity index is 1.67. The molecule has 0 aliphatic rings. The highest BCUT2D eigenvalue weighted by atomic mass is 16.5. The van der Waals surface area contributed by atoms with Gasteiger partial charge >= 0.3 is 0 Å². The second kappa shape index (κ2) is 13.5. The Morgan fingerprint density at radius 3 is 2.03 bits per heavy atom. The minimum atomic E-state index is -0.170. The maximum absolute atomic E-state index is 12.8. The molecule has 0 radical (unpaired) electrons. The minimum absolute atomic E-state index is 0.170.